The molecule has 0 atom stereocenters. The molecular formula is C17H19N5. The molecule has 5 heteroatoms. The van der Waals surface area contributed by atoms with Crippen molar-refractivity contribution in [2.24, 2.45) is 0 Å². The molecule has 0 bridgehead atoms. The number of piperazine rings is 1. The van der Waals surface area contributed by atoms with E-state index in [2.05, 4.69) is 57.6 Å². The number of nitrogens with one attached hydrogen (secondary N) is 1. The summed E-state index contributed by atoms with van der Waals surface area (Å²) >= 11 is 0. The number of pyridine rings is 1. The molecule has 1 aliphatic heterocycles. The summed E-state index contributed by atoms with van der Waals surface area (Å²) in [4.78, 5) is 7.08. The lowest BCUT2D eigenvalue weighted by molar-refractivity contribution is 0.589. The van der Waals surface area contributed by atoms with Gasteiger partial charge in [-0.1, -0.05) is 23.8 Å². The molecule has 5 nitrogen and oxygen atoms in total. The molecule has 4 rings (SSSR count). The highest BCUT2D eigenvalue weighted by molar-refractivity contribution is 5.62. The Bertz CT molecular complexity index is 802. The number of benzene rings is 1. The third kappa shape index (κ3) is 2.44. The molecule has 0 unspecified atom stereocenters. The quantitative estimate of drug-likeness (QED) is 0.786. The van der Waals surface area contributed by atoms with Crippen molar-refractivity contribution in [2.75, 3.05) is 31.1 Å². The van der Waals surface area contributed by atoms with Crippen LogP contribution in [0, 0.1) is 6.92 Å². The van der Waals surface area contributed by atoms with Crippen molar-refractivity contribution in [1.29, 1.82) is 0 Å². The van der Waals surface area contributed by atoms with E-state index in [0.29, 0.717) is 0 Å². The molecule has 1 aromatic carbocycles. The molecule has 0 saturated carbocycles. The van der Waals surface area contributed by atoms with Crippen molar-refractivity contribution >= 4 is 11.3 Å². The maximum absolute atomic E-state index is 4.69. The number of fused-ring (bicyclic) bond motifs is 1. The van der Waals surface area contributed by atoms with Gasteiger partial charge in [0.2, 0.25) is 0 Å². The number of nitrogens with zero attached hydrogens (tertiary/aromatic N) is 4. The Kier molecular flexibility index (Phi) is 3.27. The second kappa shape index (κ2) is 5.42. The maximum Gasteiger partial charge on any atom is 0.182 e. The molecule has 112 valence electrons. The number of aryl methyl sites for hydroxylation is 1. The van der Waals surface area contributed by atoms with Gasteiger partial charge in [0.05, 0.1) is 0 Å². The van der Waals surface area contributed by atoms with Crippen LogP contribution in [0.4, 0.5) is 5.69 Å². The lowest BCUT2D eigenvalue weighted by Crippen LogP contribution is -2.43. The highest BCUT2D eigenvalue weighted by atomic mass is 15.3. The smallest absolute Gasteiger partial charge is 0.182 e. The van der Waals surface area contributed by atoms with Gasteiger partial charge in [-0.05, 0) is 19.1 Å². The van der Waals surface area contributed by atoms with Gasteiger partial charge < -0.3 is 10.2 Å². The van der Waals surface area contributed by atoms with Crippen molar-refractivity contribution in [3.63, 3.8) is 0 Å². The molecule has 22 heavy (non-hydrogen) atoms. The molecule has 2 aromatic heterocycles. The van der Waals surface area contributed by atoms with Gasteiger partial charge in [-0.15, -0.1) is 5.10 Å². The van der Waals surface area contributed by atoms with Gasteiger partial charge in [0.25, 0.3) is 0 Å². The minimum atomic E-state index is 0.779. The second-order valence-corrected chi connectivity index (χ2v) is 5.73. The zero-order valence-corrected chi connectivity index (χ0v) is 12.7. The summed E-state index contributed by atoms with van der Waals surface area (Å²) in [6.07, 6.45) is 2.00. The Labute approximate surface area is 129 Å². The first-order valence-corrected chi connectivity index (χ1v) is 7.69. The largest absolute Gasteiger partial charge is 0.369 e. The van der Waals surface area contributed by atoms with Crippen LogP contribution in [0.1, 0.15) is 5.56 Å². The molecule has 3 heterocycles. The van der Waals surface area contributed by atoms with Crippen LogP contribution in [0.25, 0.3) is 17.0 Å². The van der Waals surface area contributed by atoms with E-state index < -0.39 is 0 Å². The summed E-state index contributed by atoms with van der Waals surface area (Å²) in [7, 11) is 0. The van der Waals surface area contributed by atoms with Crippen molar-refractivity contribution in [2.45, 2.75) is 6.92 Å². The van der Waals surface area contributed by atoms with Gasteiger partial charge >= 0.3 is 0 Å². The predicted molar refractivity (Wildman–Crippen MR) is 88.2 cm³/mol. The minimum Gasteiger partial charge on any atom is -0.369 e. The van der Waals surface area contributed by atoms with Crippen molar-refractivity contribution in [1.82, 2.24) is 19.9 Å². The van der Waals surface area contributed by atoms with E-state index in [1.807, 2.05) is 16.8 Å². The second-order valence-electron chi connectivity index (χ2n) is 5.73. The number of hydrogen-bond acceptors (Lipinski definition) is 4. The molecule has 1 saturated heterocycles. The Morgan fingerprint density at radius 2 is 1.95 bits per heavy atom. The van der Waals surface area contributed by atoms with Crippen LogP contribution in [0.2, 0.25) is 0 Å². The van der Waals surface area contributed by atoms with E-state index in [4.69, 9.17) is 0 Å². The molecule has 0 amide bonds. The van der Waals surface area contributed by atoms with Gasteiger partial charge in [-0.2, -0.15) is 0 Å². The van der Waals surface area contributed by atoms with Gasteiger partial charge in [0.15, 0.2) is 11.5 Å². The normalized spacial score (nSPS) is 15.4. The number of hydrogen-bond donors (Lipinski definition) is 1. The SMILES string of the molecule is Cc1cccc(-c2nc3cc(N4CCNCC4)ccn3n2)c1. The van der Waals surface area contributed by atoms with Crippen LogP contribution in [0.3, 0.4) is 0 Å². The van der Waals surface area contributed by atoms with Crippen molar-refractivity contribution < 1.29 is 0 Å². The van der Waals surface area contributed by atoms with Crippen LogP contribution in [0.5, 0.6) is 0 Å². The van der Waals surface area contributed by atoms with Crippen LogP contribution < -0.4 is 10.2 Å². The molecule has 3 aromatic rings. The average molecular weight is 293 g/mol. The Morgan fingerprint density at radius 3 is 2.77 bits per heavy atom. The Morgan fingerprint density at radius 1 is 1.09 bits per heavy atom. The van der Waals surface area contributed by atoms with Crippen LogP contribution in [-0.2, 0) is 0 Å². The van der Waals surface area contributed by atoms with Crippen molar-refractivity contribution in [3.8, 4) is 11.4 Å². The summed E-state index contributed by atoms with van der Waals surface area (Å²) in [6.45, 7) is 6.23. The predicted octanol–water partition coefficient (Wildman–Crippen LogP) is 2.11. The van der Waals surface area contributed by atoms with Crippen LogP contribution in [-0.4, -0.2) is 40.8 Å². The number of rotatable bonds is 2. The van der Waals surface area contributed by atoms with E-state index in [-0.39, 0.29) is 0 Å². The first-order chi connectivity index (χ1) is 10.8. The fourth-order valence-electron chi connectivity index (χ4n) is 2.90. The fraction of sp³-hybridized carbons (Fsp3) is 0.294. The molecular weight excluding hydrogens is 274 g/mol. The minimum absolute atomic E-state index is 0.779. The number of aromatic nitrogens is 3. The molecule has 1 aliphatic rings. The zero-order chi connectivity index (χ0) is 14.9. The summed E-state index contributed by atoms with van der Waals surface area (Å²) in [5, 5.41) is 7.96. The Hall–Kier alpha value is -2.40. The highest BCUT2D eigenvalue weighted by Gasteiger charge is 2.12. The zero-order valence-electron chi connectivity index (χ0n) is 12.7. The monoisotopic (exact) mass is 293 g/mol. The molecule has 1 fully saturated rings. The molecule has 0 radical (unpaired) electrons. The molecule has 1 N–H and O–H groups in total. The van der Waals surface area contributed by atoms with Gasteiger partial charge in [0.1, 0.15) is 0 Å². The van der Waals surface area contributed by atoms with E-state index in [1.54, 1.807) is 0 Å². The van der Waals surface area contributed by atoms with E-state index >= 15 is 0 Å². The Balaban J connectivity index is 1.71. The summed E-state index contributed by atoms with van der Waals surface area (Å²) in [5.41, 5.74) is 4.40. The highest BCUT2D eigenvalue weighted by Crippen LogP contribution is 2.21. The first-order valence-electron chi connectivity index (χ1n) is 7.69. The third-order valence-corrected chi connectivity index (χ3v) is 4.08. The summed E-state index contributed by atoms with van der Waals surface area (Å²) in [6, 6.07) is 12.5. The van der Waals surface area contributed by atoms with Crippen LogP contribution >= 0.6 is 0 Å². The third-order valence-electron chi connectivity index (χ3n) is 4.08. The van der Waals surface area contributed by atoms with E-state index in [1.165, 1.54) is 11.3 Å². The number of anilines is 1. The lowest BCUT2D eigenvalue weighted by atomic mass is 10.1. The van der Waals surface area contributed by atoms with Gasteiger partial charge in [-0.25, -0.2) is 9.50 Å². The molecule has 0 aliphatic carbocycles. The van der Waals surface area contributed by atoms with E-state index in [0.717, 1.165) is 43.2 Å². The molecule has 0 spiro atoms. The van der Waals surface area contributed by atoms with Crippen LogP contribution in [0.15, 0.2) is 42.6 Å². The maximum atomic E-state index is 4.69. The summed E-state index contributed by atoms with van der Waals surface area (Å²) in [5.74, 6) is 0.779. The summed E-state index contributed by atoms with van der Waals surface area (Å²) < 4.78 is 1.85. The average Bonchev–Trinajstić information content (AvgIpc) is 2.99. The lowest BCUT2D eigenvalue weighted by Gasteiger charge is -2.29. The van der Waals surface area contributed by atoms with Gasteiger partial charge in [-0.3, -0.25) is 0 Å². The van der Waals surface area contributed by atoms with Gasteiger partial charge in [0, 0.05) is 49.7 Å². The topological polar surface area (TPSA) is 45.5 Å². The first kappa shape index (κ1) is 13.3. The fourth-order valence-corrected chi connectivity index (χ4v) is 2.90. The van der Waals surface area contributed by atoms with Crippen molar-refractivity contribution in [3.05, 3.63) is 48.2 Å². The standard InChI is InChI=1S/C17H19N5/c1-13-3-2-4-14(11-13)17-19-16-12-15(5-8-22(16)20-17)21-9-6-18-7-10-21/h2-5,8,11-12,18H,6-7,9-10H2,1H3. The van der Waals surface area contributed by atoms with E-state index in [9.17, 15) is 0 Å².